The Morgan fingerprint density at radius 3 is 2.43 bits per heavy atom. The van der Waals surface area contributed by atoms with E-state index in [1.807, 2.05) is 0 Å². The van der Waals surface area contributed by atoms with Gasteiger partial charge in [0.1, 0.15) is 19.0 Å². The average Bonchev–Trinajstić information content (AvgIpc) is 2.89. The van der Waals surface area contributed by atoms with E-state index in [0.717, 1.165) is 0 Å². The molecule has 0 aliphatic rings. The normalized spacial score (nSPS) is 10.7. The third-order valence-corrected chi connectivity index (χ3v) is 2.26. The number of carbonyl (C=O) groups is 1. The maximum atomic E-state index is 10.4. The fourth-order valence-corrected chi connectivity index (χ4v) is 1.33. The molecule has 0 aliphatic heterocycles. The highest BCUT2D eigenvalue weighted by Crippen LogP contribution is 2.07. The molecule has 1 heterocycles. The van der Waals surface area contributed by atoms with Crippen LogP contribution in [0.4, 0.5) is 5.69 Å². The summed E-state index contributed by atoms with van der Waals surface area (Å²) in [4.78, 5) is 20.1. The van der Waals surface area contributed by atoms with Crippen molar-refractivity contribution in [2.45, 2.75) is 6.54 Å². The molecule has 0 fully saturated rings. The van der Waals surface area contributed by atoms with E-state index in [9.17, 15) is 14.9 Å². The summed E-state index contributed by atoms with van der Waals surface area (Å²) in [6.07, 6.45) is 2.51. The first-order valence-corrected chi connectivity index (χ1v) is 6.21. The number of carboxylic acids is 1. The lowest BCUT2D eigenvalue weighted by Gasteiger charge is -2.06. The highest BCUT2D eigenvalue weighted by molar-refractivity contribution is 5.67. The minimum atomic E-state index is -1.02. The standard InChI is InChI=1S/C11H17N3O7/c15-11(16)9-21-6-5-20-4-3-19-2-1-13-8-10(7-12-13)14(17)18/h7-8H,1-6,9H2,(H,15,16). The predicted molar refractivity (Wildman–Crippen MR) is 69.0 cm³/mol. The number of nitro groups is 1. The quantitative estimate of drug-likeness (QED) is 0.323. The third kappa shape index (κ3) is 7.97. The van der Waals surface area contributed by atoms with Gasteiger partial charge in [-0.1, -0.05) is 0 Å². The maximum Gasteiger partial charge on any atom is 0.329 e. The molecule has 0 aliphatic carbocycles. The second-order valence-corrected chi connectivity index (χ2v) is 3.89. The Kier molecular flexibility index (Phi) is 7.94. The first-order chi connectivity index (χ1) is 10.1. The molecule has 0 bridgehead atoms. The molecule has 21 heavy (non-hydrogen) atoms. The number of carboxylic acid groups (broad SMARTS) is 1. The number of aromatic nitrogens is 2. The smallest absolute Gasteiger partial charge is 0.329 e. The summed E-state index contributed by atoms with van der Waals surface area (Å²) < 4.78 is 16.6. The summed E-state index contributed by atoms with van der Waals surface area (Å²) >= 11 is 0. The molecule has 0 spiro atoms. The van der Waals surface area contributed by atoms with E-state index in [4.69, 9.17) is 19.3 Å². The summed E-state index contributed by atoms with van der Waals surface area (Å²) in [7, 11) is 0. The van der Waals surface area contributed by atoms with E-state index in [-0.39, 0.29) is 18.9 Å². The van der Waals surface area contributed by atoms with Crippen molar-refractivity contribution in [2.75, 3.05) is 39.6 Å². The average molecular weight is 303 g/mol. The molecular formula is C11H17N3O7. The minimum absolute atomic E-state index is 0.0558. The van der Waals surface area contributed by atoms with Crippen molar-refractivity contribution < 1.29 is 29.0 Å². The Morgan fingerprint density at radius 1 is 1.24 bits per heavy atom. The van der Waals surface area contributed by atoms with Crippen LogP contribution in [0.3, 0.4) is 0 Å². The van der Waals surface area contributed by atoms with E-state index in [0.29, 0.717) is 33.0 Å². The van der Waals surface area contributed by atoms with Crippen LogP contribution in [0.2, 0.25) is 0 Å². The Labute approximate surface area is 120 Å². The lowest BCUT2D eigenvalue weighted by atomic mass is 10.6. The first-order valence-electron chi connectivity index (χ1n) is 6.21. The van der Waals surface area contributed by atoms with Crippen molar-refractivity contribution in [2.24, 2.45) is 0 Å². The molecule has 1 rings (SSSR count). The van der Waals surface area contributed by atoms with Crippen LogP contribution in [0.15, 0.2) is 12.4 Å². The van der Waals surface area contributed by atoms with E-state index >= 15 is 0 Å². The number of ether oxygens (including phenoxy) is 3. The molecule has 0 radical (unpaired) electrons. The van der Waals surface area contributed by atoms with Gasteiger partial charge in [0.15, 0.2) is 0 Å². The topological polar surface area (TPSA) is 126 Å². The van der Waals surface area contributed by atoms with Gasteiger partial charge in [-0.25, -0.2) is 4.79 Å². The van der Waals surface area contributed by atoms with Gasteiger partial charge in [-0.3, -0.25) is 14.8 Å². The van der Waals surface area contributed by atoms with E-state index in [2.05, 4.69) is 5.10 Å². The summed E-state index contributed by atoms with van der Waals surface area (Å²) in [6, 6.07) is 0. The summed E-state index contributed by atoms with van der Waals surface area (Å²) in [5, 5.41) is 22.6. The van der Waals surface area contributed by atoms with Crippen LogP contribution >= 0.6 is 0 Å². The third-order valence-electron chi connectivity index (χ3n) is 2.26. The molecule has 0 aromatic carbocycles. The Bertz CT molecular complexity index is 449. The van der Waals surface area contributed by atoms with E-state index < -0.39 is 10.9 Å². The van der Waals surface area contributed by atoms with Crippen molar-refractivity contribution in [3.63, 3.8) is 0 Å². The zero-order chi connectivity index (χ0) is 15.5. The van der Waals surface area contributed by atoms with E-state index in [1.54, 1.807) is 0 Å². The van der Waals surface area contributed by atoms with Gasteiger partial charge in [0.2, 0.25) is 0 Å². The van der Waals surface area contributed by atoms with Gasteiger partial charge in [0.25, 0.3) is 0 Å². The molecular weight excluding hydrogens is 286 g/mol. The number of nitrogens with zero attached hydrogens (tertiary/aromatic N) is 3. The van der Waals surface area contributed by atoms with Crippen molar-refractivity contribution in [3.05, 3.63) is 22.5 Å². The highest BCUT2D eigenvalue weighted by Gasteiger charge is 2.07. The molecule has 118 valence electrons. The fraction of sp³-hybridized carbons (Fsp3) is 0.636. The maximum absolute atomic E-state index is 10.4. The Balaban J connectivity index is 1.92. The molecule has 0 saturated carbocycles. The Morgan fingerprint density at radius 2 is 1.86 bits per heavy atom. The number of rotatable bonds is 12. The number of aliphatic carboxylic acids is 1. The van der Waals surface area contributed by atoms with Gasteiger partial charge in [0.05, 0.1) is 44.5 Å². The molecule has 0 amide bonds. The van der Waals surface area contributed by atoms with Crippen LogP contribution in [0, 0.1) is 10.1 Å². The van der Waals surface area contributed by atoms with Crippen molar-refractivity contribution in [3.8, 4) is 0 Å². The molecule has 0 unspecified atom stereocenters. The largest absolute Gasteiger partial charge is 0.480 e. The predicted octanol–water partition coefficient (Wildman–Crippen LogP) is -0.0743. The van der Waals surface area contributed by atoms with Gasteiger partial charge in [-0.05, 0) is 0 Å². The van der Waals surface area contributed by atoms with Crippen molar-refractivity contribution >= 4 is 11.7 Å². The van der Waals surface area contributed by atoms with Crippen LogP contribution in [0.25, 0.3) is 0 Å². The fourth-order valence-electron chi connectivity index (χ4n) is 1.33. The monoisotopic (exact) mass is 303 g/mol. The summed E-state index contributed by atoms with van der Waals surface area (Å²) in [6.45, 7) is 1.66. The van der Waals surface area contributed by atoms with Crippen LogP contribution in [-0.4, -0.2) is 65.4 Å². The first kappa shape index (κ1) is 17.0. The molecule has 1 aromatic heterocycles. The molecule has 10 heteroatoms. The van der Waals surface area contributed by atoms with Gasteiger partial charge in [0, 0.05) is 0 Å². The minimum Gasteiger partial charge on any atom is -0.480 e. The van der Waals surface area contributed by atoms with Gasteiger partial charge >= 0.3 is 11.7 Å². The zero-order valence-electron chi connectivity index (χ0n) is 11.3. The molecule has 1 aromatic rings. The lowest BCUT2D eigenvalue weighted by molar-refractivity contribution is -0.385. The van der Waals surface area contributed by atoms with Gasteiger partial charge in [-0.2, -0.15) is 5.10 Å². The van der Waals surface area contributed by atoms with Crippen molar-refractivity contribution in [1.29, 1.82) is 0 Å². The summed E-state index contributed by atoms with van der Waals surface area (Å²) in [5.74, 6) is -1.02. The molecule has 10 nitrogen and oxygen atoms in total. The molecule has 0 saturated heterocycles. The highest BCUT2D eigenvalue weighted by atomic mass is 16.6. The van der Waals surface area contributed by atoms with Crippen LogP contribution in [0.1, 0.15) is 0 Å². The zero-order valence-corrected chi connectivity index (χ0v) is 11.3. The van der Waals surface area contributed by atoms with Gasteiger partial charge < -0.3 is 19.3 Å². The van der Waals surface area contributed by atoms with E-state index in [1.165, 1.54) is 17.1 Å². The second kappa shape index (κ2) is 9.80. The number of hydrogen-bond donors (Lipinski definition) is 1. The van der Waals surface area contributed by atoms with Crippen molar-refractivity contribution in [1.82, 2.24) is 9.78 Å². The van der Waals surface area contributed by atoms with Crippen LogP contribution in [-0.2, 0) is 25.5 Å². The molecule has 0 atom stereocenters. The summed E-state index contributed by atoms with van der Waals surface area (Å²) in [5.41, 5.74) is -0.0558. The molecule has 1 N–H and O–H groups in total. The lowest BCUT2D eigenvalue weighted by Crippen LogP contribution is -2.14. The SMILES string of the molecule is O=C(O)COCCOCCOCCn1cc([N+](=O)[O-])cn1. The van der Waals surface area contributed by atoms with Gasteiger partial charge in [-0.15, -0.1) is 0 Å². The second-order valence-electron chi connectivity index (χ2n) is 3.89. The van der Waals surface area contributed by atoms with Crippen LogP contribution < -0.4 is 0 Å². The number of hydrogen-bond acceptors (Lipinski definition) is 7. The van der Waals surface area contributed by atoms with Crippen LogP contribution in [0.5, 0.6) is 0 Å². The Hall–Kier alpha value is -2.04.